The second-order valence-corrected chi connectivity index (χ2v) is 9.53. The molecule has 2 nitrogen and oxygen atoms in total. The molecule has 0 amide bonds. The highest BCUT2D eigenvalue weighted by molar-refractivity contribution is 5.85. The molecule has 0 saturated heterocycles. The summed E-state index contributed by atoms with van der Waals surface area (Å²) in [5.74, 6) is 0.878. The number of rotatable bonds is 8. The van der Waals surface area contributed by atoms with Crippen LogP contribution in [-0.4, -0.2) is 4.57 Å². The third kappa shape index (κ3) is 5.39. The van der Waals surface area contributed by atoms with Crippen LogP contribution in [0.15, 0.2) is 115 Å². The van der Waals surface area contributed by atoms with Gasteiger partial charge in [-0.05, 0) is 60.4 Å². The highest BCUT2D eigenvalue weighted by Gasteiger charge is 2.26. The molecule has 0 fully saturated rings. The molecule has 5 rings (SSSR count). The third-order valence-electron chi connectivity index (χ3n) is 7.25. The highest BCUT2D eigenvalue weighted by Crippen LogP contribution is 2.38. The fourth-order valence-electron chi connectivity index (χ4n) is 5.66. The number of nitrogens with zero attached hydrogens (tertiary/aromatic N) is 1. The minimum absolute atomic E-state index is 0. The van der Waals surface area contributed by atoms with Crippen molar-refractivity contribution in [2.45, 2.75) is 32.1 Å². The number of hydrogen-bond acceptors (Lipinski definition) is 1. The van der Waals surface area contributed by atoms with Crippen LogP contribution in [0.25, 0.3) is 10.9 Å². The van der Waals surface area contributed by atoms with E-state index in [1.165, 1.54) is 38.9 Å². The minimum Gasteiger partial charge on any atom is -0.347 e. The van der Waals surface area contributed by atoms with E-state index >= 15 is 0 Å². The van der Waals surface area contributed by atoms with E-state index in [9.17, 15) is 0 Å². The van der Waals surface area contributed by atoms with Gasteiger partial charge in [-0.3, -0.25) is 0 Å². The Balaban J connectivity index is 0.00000289. The maximum absolute atomic E-state index is 2.43. The Morgan fingerprint density at radius 2 is 1.11 bits per heavy atom. The van der Waals surface area contributed by atoms with Gasteiger partial charge in [-0.1, -0.05) is 109 Å². The van der Waals surface area contributed by atoms with E-state index in [0.717, 1.165) is 19.3 Å². The number of aromatic nitrogens is 1. The van der Waals surface area contributed by atoms with Gasteiger partial charge in [0.1, 0.15) is 0 Å². The van der Waals surface area contributed by atoms with E-state index in [4.69, 9.17) is 0 Å². The van der Waals surface area contributed by atoms with Crippen LogP contribution in [0.5, 0.6) is 0 Å². The van der Waals surface area contributed by atoms with Crippen LogP contribution in [0.2, 0.25) is 0 Å². The van der Waals surface area contributed by atoms with E-state index in [1.54, 1.807) is 0 Å². The van der Waals surface area contributed by atoms with Crippen LogP contribution < -0.4 is 6.15 Å². The fourth-order valence-corrected chi connectivity index (χ4v) is 5.66. The number of fused-ring (bicyclic) bond motifs is 1. The first-order valence-corrected chi connectivity index (χ1v) is 12.4. The normalized spacial score (nSPS) is 12.0. The summed E-state index contributed by atoms with van der Waals surface area (Å²) in [5, 5.41) is 1.36. The Morgan fingerprint density at radius 3 is 1.66 bits per heavy atom. The van der Waals surface area contributed by atoms with Gasteiger partial charge in [0.05, 0.1) is 0 Å². The lowest BCUT2D eigenvalue weighted by Crippen LogP contribution is -2.17. The summed E-state index contributed by atoms with van der Waals surface area (Å²) < 4.78 is 2.43. The number of para-hydroxylation sites is 1. The van der Waals surface area contributed by atoms with Crippen molar-refractivity contribution in [3.05, 3.63) is 143 Å². The van der Waals surface area contributed by atoms with Gasteiger partial charge in [-0.15, -0.1) is 0 Å². The zero-order valence-corrected chi connectivity index (χ0v) is 20.9. The van der Waals surface area contributed by atoms with Crippen LogP contribution >= 0.6 is 0 Å². The lowest BCUT2D eigenvalue weighted by Gasteiger charge is -2.26. The second kappa shape index (κ2) is 11.2. The van der Waals surface area contributed by atoms with Crippen molar-refractivity contribution in [2.75, 3.05) is 0 Å². The van der Waals surface area contributed by atoms with Crippen molar-refractivity contribution in [2.24, 2.45) is 13.0 Å². The first-order valence-electron chi connectivity index (χ1n) is 12.4. The van der Waals surface area contributed by atoms with E-state index < -0.39 is 0 Å². The molecule has 0 spiro atoms. The molecule has 3 N–H and O–H groups in total. The first-order chi connectivity index (χ1) is 16.7. The summed E-state index contributed by atoms with van der Waals surface area (Å²) in [7, 11) is 2.24. The van der Waals surface area contributed by atoms with Gasteiger partial charge in [0.25, 0.3) is 0 Å². The monoisotopic (exact) mass is 460 g/mol. The summed E-state index contributed by atoms with van der Waals surface area (Å²) in [6.45, 7) is 2.30. The van der Waals surface area contributed by atoms with Gasteiger partial charge in [0.15, 0.2) is 0 Å². The minimum atomic E-state index is 0. The Labute approximate surface area is 209 Å². The van der Waals surface area contributed by atoms with Crippen LogP contribution in [0.1, 0.15) is 40.3 Å². The molecule has 0 bridgehead atoms. The molecular weight excluding hydrogens is 424 g/mol. The molecule has 0 radical (unpaired) electrons. The maximum Gasteiger partial charge on any atom is 0.0482 e. The second-order valence-electron chi connectivity index (χ2n) is 9.53. The smallest absolute Gasteiger partial charge is 0.0482 e. The fraction of sp³-hybridized carbons (Fsp3) is 0.212. The third-order valence-corrected chi connectivity index (χ3v) is 7.25. The molecule has 0 aliphatic rings. The van der Waals surface area contributed by atoms with Crippen LogP contribution in [0.3, 0.4) is 0 Å². The Kier molecular flexibility index (Phi) is 7.84. The Bertz CT molecular complexity index is 1260. The number of hydrogen-bond donors (Lipinski definition) is 1. The largest absolute Gasteiger partial charge is 0.347 e. The summed E-state index contributed by atoms with van der Waals surface area (Å²) in [4.78, 5) is 0. The molecule has 1 atom stereocenters. The van der Waals surface area contributed by atoms with Gasteiger partial charge in [0, 0.05) is 29.6 Å². The maximum atomic E-state index is 2.43. The zero-order valence-electron chi connectivity index (χ0n) is 20.9. The van der Waals surface area contributed by atoms with Crippen LogP contribution in [-0.2, 0) is 19.9 Å². The average Bonchev–Trinajstić information content (AvgIpc) is 3.14. The van der Waals surface area contributed by atoms with Gasteiger partial charge in [-0.25, -0.2) is 0 Å². The molecule has 1 unspecified atom stereocenters. The summed E-state index contributed by atoms with van der Waals surface area (Å²) in [6, 6.07) is 41.9. The van der Waals surface area contributed by atoms with Crippen molar-refractivity contribution < 1.29 is 0 Å². The predicted molar refractivity (Wildman–Crippen MR) is 149 cm³/mol. The summed E-state index contributed by atoms with van der Waals surface area (Å²) in [6.07, 6.45) is 3.28. The van der Waals surface area contributed by atoms with Crippen molar-refractivity contribution in [1.82, 2.24) is 10.7 Å². The molecule has 1 heterocycles. The van der Waals surface area contributed by atoms with E-state index in [1.807, 2.05) is 0 Å². The topological polar surface area (TPSA) is 39.9 Å². The number of benzene rings is 4. The molecule has 35 heavy (non-hydrogen) atoms. The molecule has 5 aromatic rings. The summed E-state index contributed by atoms with van der Waals surface area (Å²) >= 11 is 0. The van der Waals surface area contributed by atoms with Gasteiger partial charge >= 0.3 is 0 Å². The molecule has 2 heteroatoms. The lowest BCUT2D eigenvalue weighted by atomic mass is 9.80. The first kappa shape index (κ1) is 24.5. The predicted octanol–water partition coefficient (Wildman–Crippen LogP) is 8.27. The van der Waals surface area contributed by atoms with Gasteiger partial charge < -0.3 is 10.7 Å². The van der Waals surface area contributed by atoms with Gasteiger partial charge in [-0.2, -0.15) is 0 Å². The van der Waals surface area contributed by atoms with Crippen LogP contribution in [0.4, 0.5) is 0 Å². The van der Waals surface area contributed by atoms with Crippen molar-refractivity contribution in [3.63, 3.8) is 0 Å². The Hall–Kier alpha value is -3.62. The van der Waals surface area contributed by atoms with E-state index in [2.05, 4.69) is 134 Å². The molecule has 0 aliphatic heterocycles. The molecule has 178 valence electrons. The summed E-state index contributed by atoms with van der Waals surface area (Å²) in [5.41, 5.74) is 8.41. The lowest BCUT2D eigenvalue weighted by molar-refractivity contribution is 0.445. The van der Waals surface area contributed by atoms with E-state index in [-0.39, 0.29) is 6.15 Å². The highest BCUT2D eigenvalue weighted by atomic mass is 15.0. The van der Waals surface area contributed by atoms with Crippen molar-refractivity contribution >= 4 is 10.9 Å². The molecule has 0 saturated carbocycles. The quantitative estimate of drug-likeness (QED) is 0.249. The van der Waals surface area contributed by atoms with Crippen molar-refractivity contribution in [1.29, 1.82) is 0 Å². The zero-order chi connectivity index (χ0) is 23.3. The SMILES string of the molecule is Cc1c(C(CC(Cc2ccccc2)Cc2ccccc2)c2ccccc2)n(C)c2ccccc12.N. The molecule has 0 aliphatic carbocycles. The Morgan fingerprint density at radius 1 is 0.629 bits per heavy atom. The molecule has 4 aromatic carbocycles. The van der Waals surface area contributed by atoms with Gasteiger partial charge in [0.2, 0.25) is 0 Å². The standard InChI is InChI=1S/C33H33N.H3N/c1-25-30-20-12-13-21-32(30)34(2)33(25)31(29-18-10-5-11-19-29)24-28(22-26-14-6-3-7-15-26)23-27-16-8-4-9-17-27;/h3-21,28,31H,22-24H2,1-2H3;1H3. The van der Waals surface area contributed by atoms with E-state index in [0.29, 0.717) is 11.8 Å². The number of aryl methyl sites for hydroxylation is 2. The van der Waals surface area contributed by atoms with Crippen molar-refractivity contribution in [3.8, 4) is 0 Å². The average molecular weight is 461 g/mol. The van der Waals surface area contributed by atoms with Crippen LogP contribution in [0, 0.1) is 12.8 Å². The molecule has 1 aromatic heterocycles. The molecular formula is C33H36N2.